The smallest absolute Gasteiger partial charge is 0.336 e. The van der Waals surface area contributed by atoms with Crippen LogP contribution < -0.4 is 0 Å². The van der Waals surface area contributed by atoms with Crippen molar-refractivity contribution in [3.8, 4) is 0 Å². The molecule has 0 aromatic heterocycles. The molecule has 0 aliphatic carbocycles. The number of aromatic carboxylic acids is 1. The van der Waals surface area contributed by atoms with Crippen molar-refractivity contribution in [2.75, 3.05) is 0 Å². The molecular weight excluding hydrogens is 248 g/mol. The Balaban J connectivity index is 2.22. The Labute approximate surface area is 107 Å². The molecule has 2 aromatic rings. The van der Waals surface area contributed by atoms with E-state index in [1.165, 1.54) is 0 Å². The summed E-state index contributed by atoms with van der Waals surface area (Å²) in [5.41, 5.74) is 1.86. The summed E-state index contributed by atoms with van der Waals surface area (Å²) >= 11 is -1.28. The zero-order valence-electron chi connectivity index (χ0n) is 9.42. The van der Waals surface area contributed by atoms with Gasteiger partial charge in [0.2, 0.25) is 0 Å². The van der Waals surface area contributed by atoms with Gasteiger partial charge in [-0.2, -0.15) is 0 Å². The summed E-state index contributed by atoms with van der Waals surface area (Å²) in [6, 6.07) is 12.4. The molecule has 1 unspecified atom stereocenters. The van der Waals surface area contributed by atoms with Crippen LogP contribution in [0.25, 0.3) is 0 Å². The summed E-state index contributed by atoms with van der Waals surface area (Å²) in [5.74, 6) is -0.969. The summed E-state index contributed by atoms with van der Waals surface area (Å²) in [4.78, 5) is 12.6. The number of rotatable bonds is 1. The van der Waals surface area contributed by atoms with Gasteiger partial charge in [0.1, 0.15) is 0 Å². The van der Waals surface area contributed by atoms with Gasteiger partial charge in [-0.3, -0.25) is 0 Å². The summed E-state index contributed by atoms with van der Waals surface area (Å²) in [6.07, 6.45) is 0.528. The SMILES string of the molecule is O=C(O)c1cccc2c1Cc1ccccc1[S+]2[O-]. The molecule has 1 heterocycles. The molecule has 2 aromatic carbocycles. The number of fused-ring (bicyclic) bond motifs is 2. The lowest BCUT2D eigenvalue weighted by atomic mass is 9.99. The Morgan fingerprint density at radius 2 is 1.83 bits per heavy atom. The van der Waals surface area contributed by atoms with Crippen LogP contribution in [-0.4, -0.2) is 15.6 Å². The number of carboxylic acid groups (broad SMARTS) is 1. The molecule has 0 bridgehead atoms. The molecule has 0 fully saturated rings. The maximum Gasteiger partial charge on any atom is 0.336 e. The minimum Gasteiger partial charge on any atom is -0.606 e. The van der Waals surface area contributed by atoms with Crippen molar-refractivity contribution in [3.05, 3.63) is 59.2 Å². The van der Waals surface area contributed by atoms with Crippen molar-refractivity contribution in [1.29, 1.82) is 0 Å². The monoisotopic (exact) mass is 258 g/mol. The van der Waals surface area contributed by atoms with Crippen molar-refractivity contribution in [2.24, 2.45) is 0 Å². The molecule has 18 heavy (non-hydrogen) atoms. The van der Waals surface area contributed by atoms with E-state index in [2.05, 4.69) is 0 Å². The number of benzene rings is 2. The van der Waals surface area contributed by atoms with Gasteiger partial charge >= 0.3 is 5.97 Å². The molecule has 0 spiro atoms. The molecule has 4 heteroatoms. The maximum atomic E-state index is 12.4. The molecule has 1 aliphatic heterocycles. The standard InChI is InChI=1S/C14H10O3S/c15-14(16)10-5-3-7-13-11(10)8-9-4-1-2-6-12(9)18(13)17/h1-7H,8H2,(H,15,16). The third kappa shape index (κ3) is 1.62. The van der Waals surface area contributed by atoms with Crippen molar-refractivity contribution in [2.45, 2.75) is 16.2 Å². The van der Waals surface area contributed by atoms with E-state index in [-0.39, 0.29) is 5.56 Å². The fourth-order valence-corrected chi connectivity index (χ4v) is 3.69. The second-order valence-corrected chi connectivity index (χ2v) is 5.56. The van der Waals surface area contributed by atoms with Crippen molar-refractivity contribution in [3.63, 3.8) is 0 Å². The minimum absolute atomic E-state index is 0.246. The van der Waals surface area contributed by atoms with Crippen LogP contribution in [-0.2, 0) is 17.6 Å². The highest BCUT2D eigenvalue weighted by molar-refractivity contribution is 7.91. The average Bonchev–Trinajstić information content (AvgIpc) is 2.38. The van der Waals surface area contributed by atoms with E-state index in [1.54, 1.807) is 18.2 Å². The van der Waals surface area contributed by atoms with Crippen molar-refractivity contribution in [1.82, 2.24) is 0 Å². The lowest BCUT2D eigenvalue weighted by molar-refractivity contribution is 0.0695. The van der Waals surface area contributed by atoms with Gasteiger partial charge in [-0.1, -0.05) is 24.3 Å². The zero-order valence-corrected chi connectivity index (χ0v) is 10.2. The maximum absolute atomic E-state index is 12.4. The van der Waals surface area contributed by atoms with E-state index < -0.39 is 17.1 Å². The van der Waals surface area contributed by atoms with Gasteiger partial charge in [-0.05, 0) is 18.2 Å². The Morgan fingerprint density at radius 1 is 1.11 bits per heavy atom. The van der Waals surface area contributed by atoms with Crippen LogP contribution in [0.4, 0.5) is 0 Å². The first-order valence-corrected chi connectivity index (χ1v) is 6.68. The fourth-order valence-electron chi connectivity index (χ4n) is 2.26. The highest BCUT2D eigenvalue weighted by atomic mass is 32.2. The summed E-state index contributed by atoms with van der Waals surface area (Å²) in [5, 5.41) is 9.18. The van der Waals surface area contributed by atoms with Gasteiger partial charge in [0, 0.05) is 28.7 Å². The normalized spacial score (nSPS) is 16.8. The number of carbonyl (C=O) groups is 1. The molecule has 3 nitrogen and oxygen atoms in total. The minimum atomic E-state index is -1.28. The summed E-state index contributed by atoms with van der Waals surface area (Å²) < 4.78 is 12.4. The predicted octanol–water partition coefficient (Wildman–Crippen LogP) is 2.46. The van der Waals surface area contributed by atoms with Crippen LogP contribution in [0.2, 0.25) is 0 Å². The first kappa shape index (κ1) is 11.3. The number of carboxylic acids is 1. The molecule has 90 valence electrons. The fraction of sp³-hybridized carbons (Fsp3) is 0.0714. The molecule has 0 saturated carbocycles. The Hall–Kier alpha value is -1.78. The topological polar surface area (TPSA) is 60.4 Å². The molecule has 0 saturated heterocycles. The molecule has 3 rings (SSSR count). The Kier molecular flexibility index (Phi) is 2.61. The predicted molar refractivity (Wildman–Crippen MR) is 67.3 cm³/mol. The Bertz CT molecular complexity index is 637. The largest absolute Gasteiger partial charge is 0.606 e. The van der Waals surface area contributed by atoms with Crippen LogP contribution in [0.5, 0.6) is 0 Å². The lowest BCUT2D eigenvalue weighted by Crippen LogP contribution is -2.17. The van der Waals surface area contributed by atoms with E-state index in [9.17, 15) is 14.5 Å². The highest BCUT2D eigenvalue weighted by Gasteiger charge is 2.30. The van der Waals surface area contributed by atoms with Crippen molar-refractivity contribution < 1.29 is 14.5 Å². The summed E-state index contributed by atoms with van der Waals surface area (Å²) in [6.45, 7) is 0. The van der Waals surface area contributed by atoms with E-state index in [1.807, 2.05) is 24.3 Å². The molecule has 0 radical (unpaired) electrons. The van der Waals surface area contributed by atoms with Gasteiger partial charge in [0.25, 0.3) is 0 Å². The van der Waals surface area contributed by atoms with E-state index >= 15 is 0 Å². The molecule has 1 N–H and O–H groups in total. The van der Waals surface area contributed by atoms with Gasteiger partial charge < -0.3 is 9.66 Å². The average molecular weight is 258 g/mol. The van der Waals surface area contributed by atoms with E-state index in [0.717, 1.165) is 10.5 Å². The Morgan fingerprint density at radius 3 is 2.61 bits per heavy atom. The summed E-state index contributed by atoms with van der Waals surface area (Å²) in [7, 11) is 0. The second-order valence-electron chi connectivity index (χ2n) is 4.14. The zero-order chi connectivity index (χ0) is 12.7. The first-order valence-electron chi connectivity index (χ1n) is 5.53. The molecular formula is C14H10O3S. The van der Waals surface area contributed by atoms with Crippen LogP contribution in [0, 0.1) is 0 Å². The number of hydrogen-bond donors (Lipinski definition) is 1. The van der Waals surface area contributed by atoms with Crippen LogP contribution in [0.15, 0.2) is 52.3 Å². The van der Waals surface area contributed by atoms with Crippen molar-refractivity contribution >= 4 is 17.1 Å². The van der Waals surface area contributed by atoms with Crippen LogP contribution in [0.1, 0.15) is 21.5 Å². The third-order valence-corrected chi connectivity index (χ3v) is 4.68. The van der Waals surface area contributed by atoms with Crippen LogP contribution >= 0.6 is 0 Å². The highest BCUT2D eigenvalue weighted by Crippen LogP contribution is 2.35. The van der Waals surface area contributed by atoms with E-state index in [4.69, 9.17) is 0 Å². The quantitative estimate of drug-likeness (QED) is 0.799. The lowest BCUT2D eigenvalue weighted by Gasteiger charge is -2.22. The van der Waals surface area contributed by atoms with Gasteiger partial charge in [-0.25, -0.2) is 4.79 Å². The molecule has 1 atom stereocenters. The first-order chi connectivity index (χ1) is 8.68. The van der Waals surface area contributed by atoms with E-state index in [0.29, 0.717) is 16.9 Å². The third-order valence-electron chi connectivity index (χ3n) is 3.10. The van der Waals surface area contributed by atoms with Crippen LogP contribution in [0.3, 0.4) is 0 Å². The van der Waals surface area contributed by atoms with Gasteiger partial charge in [0.05, 0.1) is 5.56 Å². The van der Waals surface area contributed by atoms with Gasteiger partial charge in [0.15, 0.2) is 9.79 Å². The molecule has 1 aliphatic rings. The van der Waals surface area contributed by atoms with Gasteiger partial charge in [-0.15, -0.1) is 0 Å². The molecule has 0 amide bonds. The number of hydrogen-bond acceptors (Lipinski definition) is 2. The second kappa shape index (κ2) is 4.15.